The fourth-order valence-electron chi connectivity index (χ4n) is 1.73. The van der Waals surface area contributed by atoms with Gasteiger partial charge < -0.3 is 10.3 Å². The van der Waals surface area contributed by atoms with E-state index in [-0.39, 0.29) is 5.91 Å². The Hall–Kier alpha value is -2.21. The minimum Gasteiger partial charge on any atom is -0.343 e. The maximum absolute atomic E-state index is 12.1. The largest absolute Gasteiger partial charge is 0.343 e. The molecule has 2 N–H and O–H groups in total. The molecule has 0 aliphatic carbocycles. The van der Waals surface area contributed by atoms with Crippen LogP contribution in [-0.4, -0.2) is 20.9 Å². The lowest BCUT2D eigenvalue weighted by atomic mass is 10.2. The van der Waals surface area contributed by atoms with Crippen molar-refractivity contribution >= 4 is 38.7 Å². The average molecular weight is 317 g/mol. The van der Waals surface area contributed by atoms with E-state index in [0.29, 0.717) is 16.9 Å². The fourth-order valence-corrected chi connectivity index (χ4v) is 2.13. The molecule has 0 saturated heterocycles. The van der Waals surface area contributed by atoms with Gasteiger partial charge in [0.15, 0.2) is 5.65 Å². The first-order chi connectivity index (χ1) is 9.22. The van der Waals surface area contributed by atoms with Crippen molar-refractivity contribution in [2.75, 3.05) is 5.32 Å². The maximum Gasteiger partial charge on any atom is 0.255 e. The molecule has 0 atom stereocenters. The zero-order valence-electron chi connectivity index (χ0n) is 9.72. The summed E-state index contributed by atoms with van der Waals surface area (Å²) in [5.74, 6) is -0.179. The Labute approximate surface area is 117 Å². The molecule has 0 aliphatic rings. The van der Waals surface area contributed by atoms with Crippen molar-refractivity contribution in [3.63, 3.8) is 0 Å². The summed E-state index contributed by atoms with van der Waals surface area (Å²) in [6, 6.07) is 9.00. The Morgan fingerprint density at radius 1 is 1.26 bits per heavy atom. The van der Waals surface area contributed by atoms with E-state index >= 15 is 0 Å². The van der Waals surface area contributed by atoms with Crippen LogP contribution in [0.3, 0.4) is 0 Å². The normalized spacial score (nSPS) is 10.6. The van der Waals surface area contributed by atoms with E-state index in [9.17, 15) is 4.79 Å². The highest BCUT2D eigenvalue weighted by Gasteiger charge is 2.07. The standard InChI is InChI=1S/C13H9BrN4O/c14-9-3-1-2-8(4-9)13(19)18-10-5-11-12(15-6-10)17-7-16-11/h1-7H,(H,18,19)(H,15,16,17). The van der Waals surface area contributed by atoms with Gasteiger partial charge in [-0.25, -0.2) is 9.97 Å². The number of carbonyl (C=O) groups excluding carboxylic acids is 1. The van der Waals surface area contributed by atoms with E-state index in [0.717, 1.165) is 9.99 Å². The van der Waals surface area contributed by atoms with E-state index in [1.807, 2.05) is 12.1 Å². The van der Waals surface area contributed by atoms with Crippen LogP contribution in [0, 0.1) is 0 Å². The molecule has 0 fully saturated rings. The average Bonchev–Trinajstić information content (AvgIpc) is 2.86. The molecule has 2 aromatic heterocycles. The lowest BCUT2D eigenvalue weighted by Crippen LogP contribution is -2.11. The minimum absolute atomic E-state index is 0.179. The van der Waals surface area contributed by atoms with Crippen LogP contribution >= 0.6 is 15.9 Å². The molecule has 0 radical (unpaired) electrons. The Bertz CT molecular complexity index is 753. The Balaban J connectivity index is 1.86. The number of imidazole rings is 1. The van der Waals surface area contributed by atoms with Gasteiger partial charge in [-0.15, -0.1) is 0 Å². The number of benzene rings is 1. The van der Waals surface area contributed by atoms with Gasteiger partial charge in [0.05, 0.1) is 23.7 Å². The third-order valence-corrected chi connectivity index (χ3v) is 3.11. The monoisotopic (exact) mass is 316 g/mol. The molecular formula is C13H9BrN4O. The number of carbonyl (C=O) groups is 1. The Morgan fingerprint density at radius 2 is 2.16 bits per heavy atom. The van der Waals surface area contributed by atoms with Crippen molar-refractivity contribution in [1.29, 1.82) is 0 Å². The van der Waals surface area contributed by atoms with E-state index in [1.54, 1.807) is 30.7 Å². The second kappa shape index (κ2) is 4.81. The second-order valence-electron chi connectivity index (χ2n) is 3.96. The molecule has 1 aromatic carbocycles. The topological polar surface area (TPSA) is 70.7 Å². The number of H-pyrrole nitrogens is 1. The number of anilines is 1. The number of halogens is 1. The highest BCUT2D eigenvalue weighted by Crippen LogP contribution is 2.16. The van der Waals surface area contributed by atoms with Crippen LogP contribution in [0.1, 0.15) is 10.4 Å². The quantitative estimate of drug-likeness (QED) is 0.763. The van der Waals surface area contributed by atoms with Crippen molar-refractivity contribution in [2.24, 2.45) is 0 Å². The molecule has 0 bridgehead atoms. The highest BCUT2D eigenvalue weighted by atomic mass is 79.9. The zero-order valence-corrected chi connectivity index (χ0v) is 11.3. The van der Waals surface area contributed by atoms with Crippen LogP contribution in [0.4, 0.5) is 5.69 Å². The summed E-state index contributed by atoms with van der Waals surface area (Å²) in [7, 11) is 0. The number of hydrogen-bond donors (Lipinski definition) is 2. The molecule has 94 valence electrons. The van der Waals surface area contributed by atoms with Crippen molar-refractivity contribution in [2.45, 2.75) is 0 Å². The van der Waals surface area contributed by atoms with Crippen molar-refractivity contribution in [1.82, 2.24) is 15.0 Å². The third-order valence-electron chi connectivity index (χ3n) is 2.62. The zero-order chi connectivity index (χ0) is 13.2. The van der Waals surface area contributed by atoms with Crippen LogP contribution in [0.15, 0.2) is 47.3 Å². The molecule has 0 aliphatic heterocycles. The van der Waals surface area contributed by atoms with Gasteiger partial charge >= 0.3 is 0 Å². The first kappa shape index (κ1) is 11.9. The molecule has 0 unspecified atom stereocenters. The number of amides is 1. The summed E-state index contributed by atoms with van der Waals surface area (Å²) in [6.45, 7) is 0. The summed E-state index contributed by atoms with van der Waals surface area (Å²) >= 11 is 3.34. The number of aromatic nitrogens is 3. The molecule has 0 spiro atoms. The molecule has 1 amide bonds. The summed E-state index contributed by atoms with van der Waals surface area (Å²) in [4.78, 5) is 23.2. The van der Waals surface area contributed by atoms with Gasteiger partial charge in [-0.2, -0.15) is 0 Å². The number of nitrogens with one attached hydrogen (secondary N) is 2. The van der Waals surface area contributed by atoms with Crippen molar-refractivity contribution in [3.05, 3.63) is 52.9 Å². The number of fused-ring (bicyclic) bond motifs is 1. The van der Waals surface area contributed by atoms with Crippen molar-refractivity contribution < 1.29 is 4.79 Å². The van der Waals surface area contributed by atoms with Gasteiger partial charge in [-0.05, 0) is 24.3 Å². The van der Waals surface area contributed by atoms with Crippen LogP contribution in [0.25, 0.3) is 11.2 Å². The number of hydrogen-bond acceptors (Lipinski definition) is 3. The van der Waals surface area contributed by atoms with E-state index in [4.69, 9.17) is 0 Å². The molecule has 19 heavy (non-hydrogen) atoms. The van der Waals surface area contributed by atoms with Crippen LogP contribution in [0.2, 0.25) is 0 Å². The van der Waals surface area contributed by atoms with Gasteiger partial charge in [0.2, 0.25) is 0 Å². The van der Waals surface area contributed by atoms with E-state index < -0.39 is 0 Å². The van der Waals surface area contributed by atoms with Gasteiger partial charge in [-0.3, -0.25) is 4.79 Å². The molecule has 3 aromatic rings. The molecular weight excluding hydrogens is 308 g/mol. The predicted molar refractivity (Wildman–Crippen MR) is 76.0 cm³/mol. The van der Waals surface area contributed by atoms with E-state index in [2.05, 4.69) is 36.2 Å². The van der Waals surface area contributed by atoms with Crippen LogP contribution < -0.4 is 5.32 Å². The van der Waals surface area contributed by atoms with Crippen molar-refractivity contribution in [3.8, 4) is 0 Å². The summed E-state index contributed by atoms with van der Waals surface area (Å²) in [5.41, 5.74) is 2.62. The Morgan fingerprint density at radius 3 is 3.00 bits per heavy atom. The number of pyridine rings is 1. The number of nitrogens with zero attached hydrogens (tertiary/aromatic N) is 2. The van der Waals surface area contributed by atoms with Crippen LogP contribution in [-0.2, 0) is 0 Å². The second-order valence-corrected chi connectivity index (χ2v) is 4.88. The molecule has 5 nitrogen and oxygen atoms in total. The minimum atomic E-state index is -0.179. The predicted octanol–water partition coefficient (Wildman–Crippen LogP) is 2.97. The smallest absolute Gasteiger partial charge is 0.255 e. The number of rotatable bonds is 2. The van der Waals surface area contributed by atoms with Gasteiger partial charge in [0.1, 0.15) is 0 Å². The fraction of sp³-hybridized carbons (Fsp3) is 0. The lowest BCUT2D eigenvalue weighted by Gasteiger charge is -2.05. The summed E-state index contributed by atoms with van der Waals surface area (Å²) < 4.78 is 0.863. The number of aromatic amines is 1. The van der Waals surface area contributed by atoms with Gasteiger partial charge in [0, 0.05) is 10.0 Å². The first-order valence-electron chi connectivity index (χ1n) is 5.58. The molecule has 3 rings (SSSR count). The third kappa shape index (κ3) is 2.48. The lowest BCUT2D eigenvalue weighted by molar-refractivity contribution is 0.102. The highest BCUT2D eigenvalue weighted by molar-refractivity contribution is 9.10. The molecule has 0 saturated carbocycles. The molecule has 2 heterocycles. The maximum atomic E-state index is 12.1. The SMILES string of the molecule is O=C(Nc1cnc2nc[nH]c2c1)c1cccc(Br)c1. The van der Waals surface area contributed by atoms with E-state index in [1.165, 1.54) is 0 Å². The summed E-state index contributed by atoms with van der Waals surface area (Å²) in [5, 5.41) is 2.80. The van der Waals surface area contributed by atoms with Crippen LogP contribution in [0.5, 0.6) is 0 Å². The van der Waals surface area contributed by atoms with Gasteiger partial charge in [0.25, 0.3) is 5.91 Å². The Kier molecular flexibility index (Phi) is 3.00. The first-order valence-corrected chi connectivity index (χ1v) is 6.38. The molecule has 6 heteroatoms. The summed E-state index contributed by atoms with van der Waals surface area (Å²) in [6.07, 6.45) is 3.15. The van der Waals surface area contributed by atoms with Gasteiger partial charge in [-0.1, -0.05) is 22.0 Å².